The molecule has 0 amide bonds. The van der Waals surface area contributed by atoms with E-state index in [-0.39, 0.29) is 0 Å². The zero-order valence-corrected chi connectivity index (χ0v) is 9.82. The molecule has 0 saturated carbocycles. The molecule has 1 fully saturated rings. The Kier molecular flexibility index (Phi) is 3.42. The van der Waals surface area contributed by atoms with E-state index >= 15 is 0 Å². The second kappa shape index (κ2) is 4.80. The van der Waals surface area contributed by atoms with Crippen molar-refractivity contribution in [3.05, 3.63) is 35.9 Å². The van der Waals surface area contributed by atoms with Crippen molar-refractivity contribution < 1.29 is 0 Å². The lowest BCUT2D eigenvalue weighted by Gasteiger charge is -2.34. The first-order valence-electron chi connectivity index (χ1n) is 6.00. The van der Waals surface area contributed by atoms with E-state index in [1.54, 1.807) is 0 Å². The van der Waals surface area contributed by atoms with Crippen LogP contribution < -0.4 is 0 Å². The summed E-state index contributed by atoms with van der Waals surface area (Å²) < 4.78 is 0. The van der Waals surface area contributed by atoms with E-state index in [1.807, 2.05) is 0 Å². The first-order valence-corrected chi connectivity index (χ1v) is 6.00. The molecular formula is C14H21N. The highest BCUT2D eigenvalue weighted by molar-refractivity contribution is 5.14. The van der Waals surface area contributed by atoms with Gasteiger partial charge < -0.3 is 0 Å². The van der Waals surface area contributed by atoms with Crippen molar-refractivity contribution in [1.82, 2.24) is 4.90 Å². The number of likely N-dealkylation sites (tertiary alicyclic amines) is 1. The third kappa shape index (κ3) is 3.07. The van der Waals surface area contributed by atoms with Gasteiger partial charge in [-0.1, -0.05) is 44.2 Å². The Morgan fingerprint density at radius 3 is 2.27 bits per heavy atom. The zero-order valence-electron chi connectivity index (χ0n) is 9.82. The van der Waals surface area contributed by atoms with Gasteiger partial charge in [0.2, 0.25) is 0 Å². The van der Waals surface area contributed by atoms with Crippen molar-refractivity contribution in [2.45, 2.75) is 26.8 Å². The number of hydrogen-bond donors (Lipinski definition) is 0. The summed E-state index contributed by atoms with van der Waals surface area (Å²) in [4.78, 5) is 2.59. The van der Waals surface area contributed by atoms with Crippen LogP contribution in [-0.2, 0) is 6.54 Å². The molecule has 1 aromatic carbocycles. The number of hydrogen-bond acceptors (Lipinski definition) is 1. The molecule has 15 heavy (non-hydrogen) atoms. The molecular weight excluding hydrogens is 182 g/mol. The Balaban J connectivity index is 1.94. The molecule has 0 spiro atoms. The Bertz CT molecular complexity index is 283. The highest BCUT2D eigenvalue weighted by atomic mass is 15.1. The number of rotatable bonds is 2. The molecule has 2 rings (SSSR count). The van der Waals surface area contributed by atoms with Gasteiger partial charge in [-0.15, -0.1) is 0 Å². The Hall–Kier alpha value is -0.820. The Labute approximate surface area is 93.1 Å². The third-order valence-electron chi connectivity index (χ3n) is 3.19. The van der Waals surface area contributed by atoms with Gasteiger partial charge in [-0.05, 0) is 23.8 Å². The summed E-state index contributed by atoms with van der Waals surface area (Å²) in [7, 11) is 0. The standard InChI is InChI=1S/C14H21N/c1-12-8-13(2)10-15(9-12)11-14-6-4-3-5-7-14/h3-7,12-13H,8-11H2,1-2H3/t12-,13?/m1/s1. The SMILES string of the molecule is CC1C[C@@H](C)CN(Cc2ccccc2)C1. The minimum atomic E-state index is 0.859. The average Bonchev–Trinajstić information content (AvgIpc) is 2.17. The van der Waals surface area contributed by atoms with Crippen LogP contribution >= 0.6 is 0 Å². The summed E-state index contributed by atoms with van der Waals surface area (Å²) in [6, 6.07) is 10.8. The van der Waals surface area contributed by atoms with Crippen molar-refractivity contribution in [1.29, 1.82) is 0 Å². The van der Waals surface area contributed by atoms with Gasteiger partial charge in [-0.3, -0.25) is 4.90 Å². The summed E-state index contributed by atoms with van der Waals surface area (Å²) in [5.74, 6) is 1.72. The summed E-state index contributed by atoms with van der Waals surface area (Å²) in [6.07, 6.45) is 1.39. The van der Waals surface area contributed by atoms with Gasteiger partial charge in [-0.25, -0.2) is 0 Å². The summed E-state index contributed by atoms with van der Waals surface area (Å²) >= 11 is 0. The number of nitrogens with zero attached hydrogens (tertiary/aromatic N) is 1. The van der Waals surface area contributed by atoms with Gasteiger partial charge in [0.25, 0.3) is 0 Å². The van der Waals surface area contributed by atoms with Crippen LogP contribution in [0.25, 0.3) is 0 Å². The molecule has 1 nitrogen and oxygen atoms in total. The van der Waals surface area contributed by atoms with Crippen LogP contribution in [0.1, 0.15) is 25.8 Å². The van der Waals surface area contributed by atoms with Crippen LogP contribution in [0.4, 0.5) is 0 Å². The van der Waals surface area contributed by atoms with Crippen molar-refractivity contribution >= 4 is 0 Å². The van der Waals surface area contributed by atoms with E-state index in [4.69, 9.17) is 0 Å². The monoisotopic (exact) mass is 203 g/mol. The second-order valence-electron chi connectivity index (χ2n) is 5.13. The summed E-state index contributed by atoms with van der Waals surface area (Å²) in [5, 5.41) is 0. The highest BCUT2D eigenvalue weighted by Crippen LogP contribution is 2.22. The van der Waals surface area contributed by atoms with Crippen molar-refractivity contribution in [3.8, 4) is 0 Å². The molecule has 1 aromatic rings. The van der Waals surface area contributed by atoms with E-state index < -0.39 is 0 Å². The number of piperidine rings is 1. The molecule has 1 aliphatic heterocycles. The quantitative estimate of drug-likeness (QED) is 0.713. The molecule has 0 N–H and O–H groups in total. The van der Waals surface area contributed by atoms with Gasteiger partial charge >= 0.3 is 0 Å². The molecule has 0 radical (unpaired) electrons. The lowest BCUT2D eigenvalue weighted by molar-refractivity contribution is 0.134. The molecule has 1 aliphatic rings. The van der Waals surface area contributed by atoms with Crippen LogP contribution in [-0.4, -0.2) is 18.0 Å². The molecule has 1 heteroatoms. The van der Waals surface area contributed by atoms with Crippen molar-refractivity contribution in [3.63, 3.8) is 0 Å². The first-order chi connectivity index (χ1) is 7.24. The zero-order chi connectivity index (χ0) is 10.7. The average molecular weight is 203 g/mol. The largest absolute Gasteiger partial charge is 0.299 e. The Morgan fingerprint density at radius 1 is 1.07 bits per heavy atom. The maximum atomic E-state index is 2.59. The fraction of sp³-hybridized carbons (Fsp3) is 0.571. The van der Waals surface area contributed by atoms with Gasteiger partial charge in [0.15, 0.2) is 0 Å². The van der Waals surface area contributed by atoms with Crippen molar-refractivity contribution in [2.24, 2.45) is 11.8 Å². The molecule has 0 aliphatic carbocycles. The second-order valence-corrected chi connectivity index (χ2v) is 5.13. The van der Waals surface area contributed by atoms with Crippen LogP contribution in [0.3, 0.4) is 0 Å². The number of benzene rings is 1. The molecule has 1 saturated heterocycles. The normalized spacial score (nSPS) is 27.9. The summed E-state index contributed by atoms with van der Waals surface area (Å²) in [5.41, 5.74) is 1.44. The minimum absolute atomic E-state index is 0.859. The van der Waals surface area contributed by atoms with E-state index in [1.165, 1.54) is 25.1 Å². The predicted molar refractivity (Wildman–Crippen MR) is 64.7 cm³/mol. The van der Waals surface area contributed by atoms with Crippen LogP contribution in [0.2, 0.25) is 0 Å². The predicted octanol–water partition coefficient (Wildman–Crippen LogP) is 3.16. The van der Waals surface area contributed by atoms with Crippen molar-refractivity contribution in [2.75, 3.05) is 13.1 Å². The van der Waals surface area contributed by atoms with Gasteiger partial charge in [-0.2, -0.15) is 0 Å². The maximum absolute atomic E-state index is 2.59. The third-order valence-corrected chi connectivity index (χ3v) is 3.19. The molecule has 1 unspecified atom stereocenters. The van der Waals surface area contributed by atoms with Gasteiger partial charge in [0.05, 0.1) is 0 Å². The lowest BCUT2D eigenvalue weighted by Crippen LogP contribution is -2.38. The van der Waals surface area contributed by atoms with E-state index in [2.05, 4.69) is 49.1 Å². The van der Waals surface area contributed by atoms with E-state index in [0.29, 0.717) is 0 Å². The fourth-order valence-electron chi connectivity index (χ4n) is 2.76. The Morgan fingerprint density at radius 2 is 1.67 bits per heavy atom. The van der Waals surface area contributed by atoms with Crippen LogP contribution in [0.15, 0.2) is 30.3 Å². The highest BCUT2D eigenvalue weighted by Gasteiger charge is 2.21. The molecule has 1 heterocycles. The molecule has 0 aromatic heterocycles. The first kappa shape index (κ1) is 10.7. The van der Waals surface area contributed by atoms with E-state index in [9.17, 15) is 0 Å². The molecule has 2 atom stereocenters. The molecule has 82 valence electrons. The smallest absolute Gasteiger partial charge is 0.0233 e. The van der Waals surface area contributed by atoms with Crippen LogP contribution in [0, 0.1) is 11.8 Å². The van der Waals surface area contributed by atoms with Gasteiger partial charge in [0, 0.05) is 19.6 Å². The molecule has 0 bridgehead atoms. The summed E-state index contributed by atoms with van der Waals surface area (Å²) in [6.45, 7) is 8.38. The van der Waals surface area contributed by atoms with E-state index in [0.717, 1.165) is 18.4 Å². The van der Waals surface area contributed by atoms with Crippen LogP contribution in [0.5, 0.6) is 0 Å². The van der Waals surface area contributed by atoms with Gasteiger partial charge in [0.1, 0.15) is 0 Å². The minimum Gasteiger partial charge on any atom is -0.299 e. The maximum Gasteiger partial charge on any atom is 0.0233 e. The fourth-order valence-corrected chi connectivity index (χ4v) is 2.76. The lowest BCUT2D eigenvalue weighted by atomic mass is 9.91. The topological polar surface area (TPSA) is 3.24 Å².